The number of nitrogens with zero attached hydrogens (tertiary/aromatic N) is 5. The minimum atomic E-state index is 0.628. The maximum absolute atomic E-state index is 4.73. The van der Waals surface area contributed by atoms with Gasteiger partial charge in [0, 0.05) is 22.8 Å². The van der Waals surface area contributed by atoms with Crippen LogP contribution in [0, 0.1) is 0 Å². The molecule has 4 heterocycles. The molecule has 8 heteroatoms. The summed E-state index contributed by atoms with van der Waals surface area (Å²) < 4.78 is 0. The van der Waals surface area contributed by atoms with E-state index in [2.05, 4.69) is 30.2 Å². The lowest BCUT2D eigenvalue weighted by molar-refractivity contribution is 1.20. The molecule has 5 aromatic rings. The monoisotopic (exact) mass is 371 g/mol. The molecule has 5 rings (SSSR count). The van der Waals surface area contributed by atoms with Crippen LogP contribution in [0.4, 0.5) is 11.5 Å². The number of hydrogen-bond donors (Lipinski definition) is 2. The first-order valence-electron chi connectivity index (χ1n) is 8.25. The lowest BCUT2D eigenvalue weighted by atomic mass is 10.1. The summed E-state index contributed by atoms with van der Waals surface area (Å²) in [4.78, 5) is 24.7. The summed E-state index contributed by atoms with van der Waals surface area (Å²) in [6.07, 6.45) is 4.88. The number of aromatic amines is 1. The van der Waals surface area contributed by atoms with E-state index in [0.29, 0.717) is 11.5 Å². The number of fused-ring (bicyclic) bond motifs is 1. The van der Waals surface area contributed by atoms with Gasteiger partial charge in [-0.1, -0.05) is 18.2 Å². The summed E-state index contributed by atoms with van der Waals surface area (Å²) in [5.41, 5.74) is 5.13. The normalized spacial score (nSPS) is 11.0. The van der Waals surface area contributed by atoms with Crippen molar-refractivity contribution in [3.63, 3.8) is 0 Å². The fourth-order valence-electron chi connectivity index (χ4n) is 2.77. The number of pyridine rings is 1. The molecule has 0 unspecified atom stereocenters. The third-order valence-electron chi connectivity index (χ3n) is 4.03. The summed E-state index contributed by atoms with van der Waals surface area (Å²) in [5.74, 6) is 0.683. The molecule has 0 bridgehead atoms. The van der Waals surface area contributed by atoms with E-state index in [0.717, 1.165) is 33.2 Å². The minimum Gasteiger partial charge on any atom is -0.340 e. The topological polar surface area (TPSA) is 92.3 Å². The van der Waals surface area contributed by atoms with Gasteiger partial charge in [-0.3, -0.25) is 4.98 Å². The van der Waals surface area contributed by atoms with Gasteiger partial charge >= 0.3 is 0 Å². The van der Waals surface area contributed by atoms with Gasteiger partial charge in [0.25, 0.3) is 0 Å². The minimum absolute atomic E-state index is 0.628. The second-order valence-electron chi connectivity index (χ2n) is 5.78. The molecule has 2 N–H and O–H groups in total. The quantitative estimate of drug-likeness (QED) is 0.490. The second-order valence-corrected chi connectivity index (χ2v) is 6.64. The average molecular weight is 371 g/mol. The molecular weight excluding hydrogens is 358 g/mol. The highest BCUT2D eigenvalue weighted by Crippen LogP contribution is 2.30. The molecule has 0 aliphatic rings. The number of aromatic nitrogens is 6. The second kappa shape index (κ2) is 6.58. The maximum Gasteiger partial charge on any atom is 0.182 e. The Morgan fingerprint density at radius 3 is 2.85 bits per heavy atom. The lowest BCUT2D eigenvalue weighted by Crippen LogP contribution is -1.96. The zero-order valence-corrected chi connectivity index (χ0v) is 14.8. The number of imidazole rings is 1. The first-order chi connectivity index (χ1) is 13.4. The third-order valence-corrected chi connectivity index (χ3v) is 4.90. The Morgan fingerprint density at radius 1 is 0.926 bits per heavy atom. The van der Waals surface area contributed by atoms with Crippen molar-refractivity contribution in [1.82, 2.24) is 29.9 Å². The molecule has 0 amide bonds. The van der Waals surface area contributed by atoms with Crippen LogP contribution in [-0.4, -0.2) is 29.9 Å². The highest BCUT2D eigenvalue weighted by molar-refractivity contribution is 7.13. The van der Waals surface area contributed by atoms with Crippen LogP contribution in [0.3, 0.4) is 0 Å². The van der Waals surface area contributed by atoms with Gasteiger partial charge in [0.15, 0.2) is 11.5 Å². The molecule has 130 valence electrons. The van der Waals surface area contributed by atoms with E-state index in [1.54, 1.807) is 23.9 Å². The molecule has 0 aliphatic carbocycles. The average Bonchev–Trinajstić information content (AvgIpc) is 3.39. The van der Waals surface area contributed by atoms with Crippen molar-refractivity contribution in [2.24, 2.45) is 0 Å². The first-order valence-corrected chi connectivity index (χ1v) is 9.13. The molecule has 0 saturated heterocycles. The summed E-state index contributed by atoms with van der Waals surface area (Å²) in [5, 5.41) is 6.27. The number of thiazole rings is 1. The zero-order chi connectivity index (χ0) is 18.1. The highest BCUT2D eigenvalue weighted by atomic mass is 32.1. The molecule has 0 saturated carbocycles. The molecule has 0 spiro atoms. The first kappa shape index (κ1) is 15.6. The summed E-state index contributed by atoms with van der Waals surface area (Å²) in [6, 6.07) is 13.9. The van der Waals surface area contributed by atoms with Gasteiger partial charge in [0.1, 0.15) is 16.9 Å². The van der Waals surface area contributed by atoms with Gasteiger partial charge in [-0.05, 0) is 24.3 Å². The van der Waals surface area contributed by atoms with Gasteiger partial charge in [0.2, 0.25) is 0 Å². The fraction of sp³-hybridized carbons (Fsp3) is 0. The summed E-state index contributed by atoms with van der Waals surface area (Å²) in [7, 11) is 0. The third kappa shape index (κ3) is 3.02. The van der Waals surface area contributed by atoms with Crippen LogP contribution in [0.1, 0.15) is 0 Å². The number of hydrogen-bond acceptors (Lipinski definition) is 7. The maximum atomic E-state index is 4.73. The van der Waals surface area contributed by atoms with Gasteiger partial charge < -0.3 is 10.3 Å². The van der Waals surface area contributed by atoms with Crippen LogP contribution >= 0.6 is 11.3 Å². The van der Waals surface area contributed by atoms with Crippen LogP contribution in [0.2, 0.25) is 0 Å². The smallest absolute Gasteiger partial charge is 0.182 e. The molecule has 7 nitrogen and oxygen atoms in total. The standard InChI is InChI=1S/C19H13N7S/c1-2-7-20-14(6-1)19-26-15(9-27-19)12-4-3-5-13(8-12)25-18-16-17(22-10-21-16)23-11-24-18/h1-11H,(H2,21,22,23,24,25). The van der Waals surface area contributed by atoms with E-state index in [1.807, 2.05) is 47.8 Å². The largest absolute Gasteiger partial charge is 0.340 e. The van der Waals surface area contributed by atoms with E-state index >= 15 is 0 Å². The lowest BCUT2D eigenvalue weighted by Gasteiger charge is -2.07. The summed E-state index contributed by atoms with van der Waals surface area (Å²) >= 11 is 1.58. The van der Waals surface area contributed by atoms with Crippen molar-refractivity contribution in [1.29, 1.82) is 0 Å². The SMILES string of the molecule is c1ccc(-c2nc(-c3cccc(Nc4ncnc5nc[nH]c45)c3)cs2)nc1. The molecule has 4 aromatic heterocycles. The Bertz CT molecular complexity index is 1210. The highest BCUT2D eigenvalue weighted by Gasteiger charge is 2.09. The molecular formula is C19H13N7S. The van der Waals surface area contributed by atoms with Gasteiger partial charge in [-0.25, -0.2) is 19.9 Å². The van der Waals surface area contributed by atoms with E-state index in [-0.39, 0.29) is 0 Å². The van der Waals surface area contributed by atoms with Gasteiger partial charge in [-0.2, -0.15) is 0 Å². The number of H-pyrrole nitrogens is 1. The Hall–Kier alpha value is -3.65. The van der Waals surface area contributed by atoms with Crippen LogP contribution in [0.15, 0.2) is 66.7 Å². The number of rotatable bonds is 4. The number of benzene rings is 1. The molecule has 0 atom stereocenters. The Labute approximate surface area is 158 Å². The van der Waals surface area contributed by atoms with Gasteiger partial charge in [0.05, 0.1) is 17.7 Å². The molecule has 1 aromatic carbocycles. The fourth-order valence-corrected chi connectivity index (χ4v) is 3.57. The molecule has 0 radical (unpaired) electrons. The van der Waals surface area contributed by atoms with Crippen molar-refractivity contribution < 1.29 is 0 Å². The molecule has 0 aliphatic heterocycles. The van der Waals surface area contributed by atoms with Crippen molar-refractivity contribution in [2.75, 3.05) is 5.32 Å². The predicted octanol–water partition coefficient (Wildman–Crippen LogP) is 4.28. The summed E-state index contributed by atoms with van der Waals surface area (Å²) in [6.45, 7) is 0. The molecule has 27 heavy (non-hydrogen) atoms. The van der Waals surface area contributed by atoms with E-state index in [4.69, 9.17) is 4.98 Å². The van der Waals surface area contributed by atoms with E-state index < -0.39 is 0 Å². The van der Waals surface area contributed by atoms with Crippen molar-refractivity contribution in [2.45, 2.75) is 0 Å². The molecule has 0 fully saturated rings. The van der Waals surface area contributed by atoms with Crippen molar-refractivity contribution >= 4 is 34.0 Å². The Morgan fingerprint density at radius 2 is 1.93 bits per heavy atom. The van der Waals surface area contributed by atoms with Crippen molar-refractivity contribution in [3.8, 4) is 22.0 Å². The van der Waals surface area contributed by atoms with Crippen LogP contribution in [0.5, 0.6) is 0 Å². The van der Waals surface area contributed by atoms with Crippen LogP contribution in [0.25, 0.3) is 33.1 Å². The van der Waals surface area contributed by atoms with Crippen molar-refractivity contribution in [3.05, 3.63) is 66.7 Å². The number of nitrogens with one attached hydrogen (secondary N) is 2. The van der Waals surface area contributed by atoms with Gasteiger partial charge in [-0.15, -0.1) is 11.3 Å². The number of anilines is 2. The van der Waals surface area contributed by atoms with E-state index in [1.165, 1.54) is 6.33 Å². The van der Waals surface area contributed by atoms with Crippen LogP contribution < -0.4 is 5.32 Å². The van der Waals surface area contributed by atoms with E-state index in [9.17, 15) is 0 Å². The Balaban J connectivity index is 1.46. The predicted molar refractivity (Wildman–Crippen MR) is 106 cm³/mol. The zero-order valence-electron chi connectivity index (χ0n) is 14.0. The van der Waals surface area contributed by atoms with Crippen LogP contribution in [-0.2, 0) is 0 Å². The Kier molecular flexibility index (Phi) is 3.80.